The Morgan fingerprint density at radius 2 is 0.784 bits per heavy atom. The molecule has 3 saturated heterocycles. The molecule has 37 heavy (non-hydrogen) atoms. The molecule has 0 aromatic rings. The SMILES string of the molecule is C.C.CC(C)(C)CCN1CCCCC1.CC(C)(C)CCN1CCCCC1.CN1CCN(C(C)(C)C)CC1. The Labute approximate surface area is 236 Å². The minimum Gasteiger partial charge on any atom is -0.304 e. The summed E-state index contributed by atoms with van der Waals surface area (Å²) in [6.45, 7) is 33.7. The second-order valence-electron chi connectivity index (χ2n) is 14.9. The fourth-order valence-electron chi connectivity index (χ4n) is 4.83. The van der Waals surface area contributed by atoms with E-state index in [-0.39, 0.29) is 14.9 Å². The second-order valence-corrected chi connectivity index (χ2v) is 14.9. The molecule has 3 aliphatic rings. The van der Waals surface area contributed by atoms with Gasteiger partial charge in [0, 0.05) is 31.7 Å². The minimum atomic E-state index is 0. The molecule has 3 fully saturated rings. The highest BCUT2D eigenvalue weighted by molar-refractivity contribution is 4.80. The Morgan fingerprint density at radius 1 is 0.459 bits per heavy atom. The molecule has 3 heterocycles. The van der Waals surface area contributed by atoms with E-state index in [4.69, 9.17) is 0 Å². The smallest absolute Gasteiger partial charge is 0.0126 e. The molecule has 0 atom stereocenters. The monoisotopic (exact) mass is 527 g/mol. The van der Waals surface area contributed by atoms with Gasteiger partial charge in [0.15, 0.2) is 0 Å². The van der Waals surface area contributed by atoms with Crippen molar-refractivity contribution in [3.05, 3.63) is 0 Å². The van der Waals surface area contributed by atoms with Crippen molar-refractivity contribution in [3.63, 3.8) is 0 Å². The average Bonchev–Trinajstić information content (AvgIpc) is 2.77. The number of hydrogen-bond donors (Lipinski definition) is 0. The number of likely N-dealkylation sites (N-methyl/N-ethyl adjacent to an activating group) is 1. The van der Waals surface area contributed by atoms with Crippen LogP contribution in [0.2, 0.25) is 0 Å². The zero-order chi connectivity index (χ0) is 26.5. The Balaban J connectivity index is 0. The molecular formula is C33H74N4. The summed E-state index contributed by atoms with van der Waals surface area (Å²) in [5, 5.41) is 0. The highest BCUT2D eigenvalue weighted by Gasteiger charge is 2.24. The first-order valence-electron chi connectivity index (χ1n) is 15.0. The Morgan fingerprint density at radius 3 is 1.05 bits per heavy atom. The fraction of sp³-hybridized carbons (Fsp3) is 1.00. The van der Waals surface area contributed by atoms with Gasteiger partial charge < -0.3 is 14.7 Å². The van der Waals surface area contributed by atoms with Gasteiger partial charge in [0.2, 0.25) is 0 Å². The van der Waals surface area contributed by atoms with E-state index < -0.39 is 0 Å². The highest BCUT2D eigenvalue weighted by Crippen LogP contribution is 2.21. The fourth-order valence-corrected chi connectivity index (χ4v) is 4.83. The van der Waals surface area contributed by atoms with Crippen molar-refractivity contribution in [2.24, 2.45) is 10.8 Å². The Hall–Kier alpha value is -0.160. The first-order valence-corrected chi connectivity index (χ1v) is 15.0. The van der Waals surface area contributed by atoms with E-state index >= 15 is 0 Å². The number of likely N-dealkylation sites (tertiary alicyclic amines) is 2. The molecule has 226 valence electrons. The topological polar surface area (TPSA) is 13.0 Å². The van der Waals surface area contributed by atoms with E-state index in [2.05, 4.69) is 89.0 Å². The molecule has 3 aliphatic heterocycles. The predicted molar refractivity (Wildman–Crippen MR) is 171 cm³/mol. The summed E-state index contributed by atoms with van der Waals surface area (Å²) in [5.41, 5.74) is 1.39. The third-order valence-electron chi connectivity index (χ3n) is 7.71. The predicted octanol–water partition coefficient (Wildman–Crippen LogP) is 8.12. The standard InChI is InChI=1S/2C11H23N.C9H20N2.2CH4/c2*1-11(2,3)7-10-12-8-5-4-6-9-12;1-9(2,3)11-7-5-10(4)6-8-11;;/h2*4-10H2,1-3H3;5-8H2,1-4H3;2*1H4. The van der Waals surface area contributed by atoms with Crippen LogP contribution in [0.25, 0.3) is 0 Å². The molecule has 4 nitrogen and oxygen atoms in total. The average molecular weight is 527 g/mol. The minimum absolute atomic E-state index is 0. The van der Waals surface area contributed by atoms with Gasteiger partial charge >= 0.3 is 0 Å². The van der Waals surface area contributed by atoms with Gasteiger partial charge in [0.05, 0.1) is 0 Å². The van der Waals surface area contributed by atoms with Crippen LogP contribution in [-0.2, 0) is 0 Å². The zero-order valence-electron chi connectivity index (χ0n) is 26.0. The van der Waals surface area contributed by atoms with Crippen molar-refractivity contribution in [2.45, 2.75) is 134 Å². The molecule has 0 N–H and O–H groups in total. The van der Waals surface area contributed by atoms with Crippen molar-refractivity contribution in [1.29, 1.82) is 0 Å². The summed E-state index contributed by atoms with van der Waals surface area (Å²) in [6, 6.07) is 0. The molecule has 0 amide bonds. The summed E-state index contributed by atoms with van der Waals surface area (Å²) in [5.74, 6) is 0. The molecule has 0 saturated carbocycles. The van der Waals surface area contributed by atoms with Gasteiger partial charge in [-0.2, -0.15) is 0 Å². The lowest BCUT2D eigenvalue weighted by molar-refractivity contribution is 0.0735. The Kier molecular flexibility index (Phi) is 20.0. The van der Waals surface area contributed by atoms with Gasteiger partial charge in [-0.25, -0.2) is 0 Å². The van der Waals surface area contributed by atoms with Crippen molar-refractivity contribution in [1.82, 2.24) is 19.6 Å². The van der Waals surface area contributed by atoms with Crippen LogP contribution in [-0.4, -0.2) is 97.6 Å². The molecule has 0 aliphatic carbocycles. The lowest BCUT2D eigenvalue weighted by Crippen LogP contribution is -2.52. The summed E-state index contributed by atoms with van der Waals surface area (Å²) in [7, 11) is 2.19. The quantitative estimate of drug-likeness (QED) is 0.366. The molecule has 0 aromatic carbocycles. The van der Waals surface area contributed by atoms with Crippen molar-refractivity contribution >= 4 is 0 Å². The molecule has 3 rings (SSSR count). The third-order valence-corrected chi connectivity index (χ3v) is 7.71. The van der Waals surface area contributed by atoms with E-state index in [1.807, 2.05) is 0 Å². The largest absolute Gasteiger partial charge is 0.304 e. The van der Waals surface area contributed by atoms with E-state index in [0.717, 1.165) is 0 Å². The Bertz CT molecular complexity index is 474. The number of nitrogens with zero attached hydrogens (tertiary/aromatic N) is 4. The summed E-state index contributed by atoms with van der Waals surface area (Å²) in [6.07, 6.45) is 11.3. The van der Waals surface area contributed by atoms with Gasteiger partial charge in [-0.3, -0.25) is 4.90 Å². The summed E-state index contributed by atoms with van der Waals surface area (Å²) in [4.78, 5) is 10.2. The van der Waals surface area contributed by atoms with Gasteiger partial charge in [-0.05, 0) is 116 Å². The van der Waals surface area contributed by atoms with Crippen LogP contribution in [0.1, 0.15) is 129 Å². The van der Waals surface area contributed by atoms with Crippen LogP contribution < -0.4 is 0 Å². The molecule has 0 spiro atoms. The molecule has 4 heteroatoms. The second kappa shape index (κ2) is 19.0. The number of rotatable bonds is 4. The van der Waals surface area contributed by atoms with Crippen molar-refractivity contribution in [2.75, 3.05) is 72.5 Å². The maximum Gasteiger partial charge on any atom is 0.0126 e. The first kappa shape index (κ1) is 39.0. The third kappa shape index (κ3) is 21.4. The lowest BCUT2D eigenvalue weighted by Gasteiger charge is -2.41. The lowest BCUT2D eigenvalue weighted by atomic mass is 9.92. The molecule has 0 bridgehead atoms. The van der Waals surface area contributed by atoms with Gasteiger partial charge in [0.25, 0.3) is 0 Å². The van der Waals surface area contributed by atoms with Crippen LogP contribution in [0.3, 0.4) is 0 Å². The van der Waals surface area contributed by atoms with Crippen LogP contribution >= 0.6 is 0 Å². The number of piperazine rings is 1. The maximum absolute atomic E-state index is 2.62. The van der Waals surface area contributed by atoms with Crippen LogP contribution in [0.15, 0.2) is 0 Å². The number of piperidine rings is 2. The normalized spacial score (nSPS) is 20.9. The van der Waals surface area contributed by atoms with Crippen LogP contribution in [0, 0.1) is 10.8 Å². The highest BCUT2D eigenvalue weighted by atomic mass is 15.3. The van der Waals surface area contributed by atoms with Crippen molar-refractivity contribution in [3.8, 4) is 0 Å². The van der Waals surface area contributed by atoms with E-state index in [0.29, 0.717) is 16.4 Å². The molecule has 0 unspecified atom stereocenters. The molecule has 0 aromatic heterocycles. The first-order chi connectivity index (χ1) is 16.2. The van der Waals surface area contributed by atoms with Crippen molar-refractivity contribution < 1.29 is 0 Å². The van der Waals surface area contributed by atoms with Crippen LogP contribution in [0.5, 0.6) is 0 Å². The molecular weight excluding hydrogens is 452 g/mol. The van der Waals surface area contributed by atoms with Gasteiger partial charge in [0.1, 0.15) is 0 Å². The van der Waals surface area contributed by atoms with Crippen LogP contribution in [0.4, 0.5) is 0 Å². The maximum atomic E-state index is 2.62. The van der Waals surface area contributed by atoms with Gasteiger partial charge in [-0.15, -0.1) is 0 Å². The van der Waals surface area contributed by atoms with E-state index in [1.54, 1.807) is 0 Å². The summed E-state index contributed by atoms with van der Waals surface area (Å²) >= 11 is 0. The number of hydrogen-bond acceptors (Lipinski definition) is 4. The van der Waals surface area contributed by atoms with Gasteiger partial charge in [-0.1, -0.05) is 69.2 Å². The zero-order valence-corrected chi connectivity index (χ0v) is 26.0. The van der Waals surface area contributed by atoms with E-state index in [1.165, 1.54) is 117 Å². The molecule has 0 radical (unpaired) electrons. The van der Waals surface area contributed by atoms with E-state index in [9.17, 15) is 0 Å². The summed E-state index contributed by atoms with van der Waals surface area (Å²) < 4.78 is 0.